The molecule has 8 heteroatoms. The number of aliphatic hydroxyl groups is 2. The summed E-state index contributed by atoms with van der Waals surface area (Å²) < 4.78 is 0. The molecule has 4 N–H and O–H groups in total. The highest BCUT2D eigenvalue weighted by Crippen LogP contribution is 2.32. The molecule has 0 bridgehead atoms. The van der Waals surface area contributed by atoms with Crippen LogP contribution in [0.15, 0.2) is 60.7 Å². The van der Waals surface area contributed by atoms with E-state index in [4.69, 9.17) is 15.1 Å². The molecule has 2 aromatic carbocycles. The Labute approximate surface area is 173 Å². The first-order chi connectivity index (χ1) is 14.8. The van der Waals surface area contributed by atoms with Gasteiger partial charge in [0, 0.05) is 24.2 Å². The van der Waals surface area contributed by atoms with Crippen molar-refractivity contribution in [3.8, 4) is 22.5 Å². The number of aliphatic hydroxyl groups excluding tert-OH is 2. The van der Waals surface area contributed by atoms with Crippen LogP contribution in [0, 0.1) is 0 Å². The van der Waals surface area contributed by atoms with Crippen LogP contribution in [0.3, 0.4) is 0 Å². The van der Waals surface area contributed by atoms with Gasteiger partial charge < -0.3 is 20.8 Å². The van der Waals surface area contributed by atoms with E-state index >= 15 is 0 Å². The first-order valence-corrected chi connectivity index (χ1v) is 9.70. The minimum absolute atomic E-state index is 0.0469. The van der Waals surface area contributed by atoms with E-state index in [9.17, 15) is 5.11 Å². The molecule has 0 amide bonds. The molecule has 0 aliphatic rings. The summed E-state index contributed by atoms with van der Waals surface area (Å²) in [6.45, 7) is 0.529. The van der Waals surface area contributed by atoms with Gasteiger partial charge in [-0.05, 0) is 0 Å². The van der Waals surface area contributed by atoms with Crippen molar-refractivity contribution >= 4 is 22.9 Å². The number of hydrogen-bond acceptors (Lipinski definition) is 8. The second-order valence-electron chi connectivity index (χ2n) is 6.52. The molecule has 30 heavy (non-hydrogen) atoms. The van der Waals surface area contributed by atoms with Gasteiger partial charge in [0.2, 0.25) is 5.95 Å². The molecule has 2 aromatic heterocycles. The SMILES string of the molecule is OCCNc1nc(NCCO)c2nc(-c3ccccc3)c(-c3ccccc3)nc2n1. The fraction of sp³-hybridized carbons (Fsp3) is 0.182. The Morgan fingerprint density at radius 2 is 1.20 bits per heavy atom. The Kier molecular flexibility index (Phi) is 6.07. The molecule has 4 aromatic rings. The van der Waals surface area contributed by atoms with Crippen LogP contribution in [-0.4, -0.2) is 56.5 Å². The molecule has 8 nitrogen and oxygen atoms in total. The summed E-state index contributed by atoms with van der Waals surface area (Å²) in [6, 6.07) is 19.7. The predicted octanol–water partition coefficient (Wildman–Crippen LogP) is 2.56. The molecule has 0 atom stereocenters. The number of aromatic nitrogens is 4. The standard InChI is InChI=1S/C22H22N6O2/c29-13-11-23-20-19-21(28-22(27-20)24-12-14-30)26-18(16-9-5-2-6-10-16)17(25-19)15-7-3-1-4-8-15/h1-10,29-30H,11-14H2,(H2,23,24,26,27,28). The third-order valence-electron chi connectivity index (χ3n) is 4.42. The van der Waals surface area contributed by atoms with E-state index in [2.05, 4.69) is 20.6 Å². The minimum atomic E-state index is -0.0496. The second-order valence-corrected chi connectivity index (χ2v) is 6.52. The molecule has 0 saturated heterocycles. The maximum absolute atomic E-state index is 9.25. The van der Waals surface area contributed by atoms with Gasteiger partial charge in [-0.3, -0.25) is 0 Å². The normalized spacial score (nSPS) is 10.9. The molecular weight excluding hydrogens is 380 g/mol. The molecule has 0 fully saturated rings. The van der Waals surface area contributed by atoms with E-state index in [0.29, 0.717) is 41.7 Å². The third-order valence-corrected chi connectivity index (χ3v) is 4.42. The van der Waals surface area contributed by atoms with Gasteiger partial charge in [0.05, 0.1) is 24.6 Å². The lowest BCUT2D eigenvalue weighted by molar-refractivity contribution is 0.311. The number of rotatable bonds is 8. The van der Waals surface area contributed by atoms with Crippen LogP contribution in [-0.2, 0) is 0 Å². The highest BCUT2D eigenvalue weighted by Gasteiger charge is 2.17. The fourth-order valence-electron chi connectivity index (χ4n) is 3.09. The first-order valence-electron chi connectivity index (χ1n) is 9.70. The zero-order chi connectivity index (χ0) is 20.8. The molecule has 0 saturated carbocycles. The Bertz CT molecular complexity index is 1120. The molecule has 0 unspecified atom stereocenters. The number of fused-ring (bicyclic) bond motifs is 1. The number of nitrogens with one attached hydrogen (secondary N) is 2. The van der Waals surface area contributed by atoms with Crippen LogP contribution >= 0.6 is 0 Å². The maximum Gasteiger partial charge on any atom is 0.226 e. The van der Waals surface area contributed by atoms with Crippen molar-refractivity contribution in [1.82, 2.24) is 19.9 Å². The number of benzene rings is 2. The molecule has 152 valence electrons. The Balaban J connectivity index is 1.96. The quantitative estimate of drug-likeness (QED) is 0.355. The van der Waals surface area contributed by atoms with Crippen LogP contribution in [0.2, 0.25) is 0 Å². The van der Waals surface area contributed by atoms with Gasteiger partial charge in [-0.1, -0.05) is 60.7 Å². The Morgan fingerprint density at radius 3 is 1.80 bits per heavy atom. The number of anilines is 2. The highest BCUT2D eigenvalue weighted by atomic mass is 16.3. The second kappa shape index (κ2) is 9.25. The van der Waals surface area contributed by atoms with Gasteiger partial charge >= 0.3 is 0 Å². The van der Waals surface area contributed by atoms with Crippen molar-refractivity contribution in [3.63, 3.8) is 0 Å². The maximum atomic E-state index is 9.25. The van der Waals surface area contributed by atoms with Crippen LogP contribution in [0.25, 0.3) is 33.7 Å². The van der Waals surface area contributed by atoms with Crippen molar-refractivity contribution in [1.29, 1.82) is 0 Å². The van der Waals surface area contributed by atoms with Crippen molar-refractivity contribution in [3.05, 3.63) is 60.7 Å². The average molecular weight is 402 g/mol. The minimum Gasteiger partial charge on any atom is -0.395 e. The topological polar surface area (TPSA) is 116 Å². The summed E-state index contributed by atoms with van der Waals surface area (Å²) in [5.41, 5.74) is 4.23. The summed E-state index contributed by atoms with van der Waals surface area (Å²) in [6.07, 6.45) is 0. The summed E-state index contributed by atoms with van der Waals surface area (Å²) in [7, 11) is 0. The molecule has 2 heterocycles. The van der Waals surface area contributed by atoms with Gasteiger partial charge in [0.15, 0.2) is 17.0 Å². The molecule has 0 aliphatic heterocycles. The first kappa shape index (κ1) is 19.7. The van der Waals surface area contributed by atoms with E-state index in [1.165, 1.54) is 0 Å². The van der Waals surface area contributed by atoms with Crippen molar-refractivity contribution in [2.75, 3.05) is 36.9 Å². The Hall–Kier alpha value is -3.62. The zero-order valence-electron chi connectivity index (χ0n) is 16.3. The lowest BCUT2D eigenvalue weighted by Gasteiger charge is -2.14. The van der Waals surface area contributed by atoms with Crippen molar-refractivity contribution in [2.24, 2.45) is 0 Å². The lowest BCUT2D eigenvalue weighted by Crippen LogP contribution is -2.13. The monoisotopic (exact) mass is 402 g/mol. The number of hydrogen-bond donors (Lipinski definition) is 4. The van der Waals surface area contributed by atoms with Crippen LogP contribution in [0.5, 0.6) is 0 Å². The summed E-state index contributed by atoms with van der Waals surface area (Å²) in [4.78, 5) is 18.7. The third kappa shape index (κ3) is 4.19. The van der Waals surface area contributed by atoms with E-state index in [-0.39, 0.29) is 13.2 Å². The summed E-state index contributed by atoms with van der Waals surface area (Å²) >= 11 is 0. The molecule has 0 radical (unpaired) electrons. The van der Waals surface area contributed by atoms with Gasteiger partial charge in [0.25, 0.3) is 0 Å². The van der Waals surface area contributed by atoms with Gasteiger partial charge in [-0.15, -0.1) is 0 Å². The van der Waals surface area contributed by atoms with Crippen molar-refractivity contribution < 1.29 is 10.2 Å². The van der Waals surface area contributed by atoms with Crippen LogP contribution < -0.4 is 10.6 Å². The molecular formula is C22H22N6O2. The van der Waals surface area contributed by atoms with Gasteiger partial charge in [-0.25, -0.2) is 9.97 Å². The largest absolute Gasteiger partial charge is 0.395 e. The van der Waals surface area contributed by atoms with E-state index in [0.717, 1.165) is 16.8 Å². The lowest BCUT2D eigenvalue weighted by atomic mass is 10.0. The summed E-state index contributed by atoms with van der Waals surface area (Å²) in [5.74, 6) is 0.802. The fourth-order valence-corrected chi connectivity index (χ4v) is 3.09. The van der Waals surface area contributed by atoms with E-state index < -0.39 is 0 Å². The highest BCUT2D eigenvalue weighted by molar-refractivity contribution is 5.90. The van der Waals surface area contributed by atoms with E-state index in [1.807, 2.05) is 60.7 Å². The van der Waals surface area contributed by atoms with Crippen LogP contribution in [0.1, 0.15) is 0 Å². The Morgan fingerprint density at radius 1 is 0.633 bits per heavy atom. The molecule has 0 spiro atoms. The molecule has 4 rings (SSSR count). The molecule has 0 aliphatic carbocycles. The number of nitrogens with zero attached hydrogens (tertiary/aromatic N) is 4. The zero-order valence-corrected chi connectivity index (χ0v) is 16.3. The predicted molar refractivity (Wildman–Crippen MR) is 117 cm³/mol. The average Bonchev–Trinajstić information content (AvgIpc) is 2.81. The van der Waals surface area contributed by atoms with Gasteiger partial charge in [0.1, 0.15) is 0 Å². The van der Waals surface area contributed by atoms with Gasteiger partial charge in [-0.2, -0.15) is 9.97 Å². The summed E-state index contributed by atoms with van der Waals surface area (Å²) in [5, 5.41) is 24.4. The smallest absolute Gasteiger partial charge is 0.226 e. The van der Waals surface area contributed by atoms with Crippen LogP contribution in [0.4, 0.5) is 11.8 Å². The van der Waals surface area contributed by atoms with E-state index in [1.54, 1.807) is 0 Å². The van der Waals surface area contributed by atoms with Crippen molar-refractivity contribution in [2.45, 2.75) is 0 Å².